The molecule has 2 heterocycles. The average Bonchev–Trinajstić information content (AvgIpc) is 2.65. The lowest BCUT2D eigenvalue weighted by molar-refractivity contribution is 0.0928. The molecule has 0 saturated carbocycles. The summed E-state index contributed by atoms with van der Waals surface area (Å²) >= 11 is 1.49. The Morgan fingerprint density at radius 3 is 2.70 bits per heavy atom. The van der Waals surface area contributed by atoms with E-state index in [0.717, 1.165) is 41.6 Å². The van der Waals surface area contributed by atoms with Crippen molar-refractivity contribution in [3.8, 4) is 0 Å². The molecule has 0 aromatic carbocycles. The number of hydrogen-bond donors (Lipinski definition) is 1. The van der Waals surface area contributed by atoms with Crippen molar-refractivity contribution >= 4 is 17.2 Å². The normalized spacial score (nSPS) is 20.3. The highest BCUT2D eigenvalue weighted by Crippen LogP contribution is 2.21. The largest absolute Gasteiger partial charge is 0.347 e. The number of hydrogen-bond acceptors (Lipinski definition) is 4. The minimum Gasteiger partial charge on any atom is -0.347 e. The molecule has 130 valence electrons. The van der Waals surface area contributed by atoms with Gasteiger partial charge >= 0.3 is 0 Å². The van der Waals surface area contributed by atoms with E-state index in [1.54, 1.807) is 0 Å². The van der Waals surface area contributed by atoms with E-state index in [9.17, 15) is 4.79 Å². The van der Waals surface area contributed by atoms with Crippen molar-refractivity contribution in [2.45, 2.75) is 66.3 Å². The van der Waals surface area contributed by atoms with E-state index < -0.39 is 0 Å². The highest BCUT2D eigenvalue weighted by Gasteiger charge is 2.23. The van der Waals surface area contributed by atoms with Gasteiger partial charge in [0.15, 0.2) is 0 Å². The smallest absolute Gasteiger partial charge is 0.263 e. The number of rotatable bonds is 4. The lowest BCUT2D eigenvalue weighted by Crippen LogP contribution is -2.43. The quantitative estimate of drug-likeness (QED) is 0.909. The first-order valence-corrected chi connectivity index (χ1v) is 9.53. The van der Waals surface area contributed by atoms with Gasteiger partial charge in [0.2, 0.25) is 0 Å². The van der Waals surface area contributed by atoms with Crippen molar-refractivity contribution in [1.29, 1.82) is 0 Å². The van der Waals surface area contributed by atoms with E-state index >= 15 is 0 Å². The zero-order valence-electron chi connectivity index (χ0n) is 15.2. The van der Waals surface area contributed by atoms with Crippen molar-refractivity contribution in [1.82, 2.24) is 15.2 Å². The van der Waals surface area contributed by atoms with E-state index in [0.29, 0.717) is 5.41 Å². The lowest BCUT2D eigenvalue weighted by Gasteiger charge is -2.28. The standard InChI is InChI=1S/C18H31N3OS/c1-13-16(23-14(2)19-13)17(22)20-15-8-6-7-10-21(12-15)11-9-18(3,4)5/h15H,6-12H2,1-5H3,(H,20,22)/t15-/m1/s1. The van der Waals surface area contributed by atoms with Gasteiger partial charge in [-0.3, -0.25) is 4.79 Å². The summed E-state index contributed by atoms with van der Waals surface area (Å²) in [7, 11) is 0. The summed E-state index contributed by atoms with van der Waals surface area (Å²) in [5.74, 6) is 0.0516. The Balaban J connectivity index is 1.93. The molecule has 1 N–H and O–H groups in total. The molecule has 0 aliphatic carbocycles. The molecule has 1 amide bonds. The molecule has 1 aliphatic rings. The number of carbonyl (C=O) groups excluding carboxylic acids is 1. The van der Waals surface area contributed by atoms with Crippen molar-refractivity contribution in [3.05, 3.63) is 15.6 Å². The third kappa shape index (κ3) is 5.88. The first-order chi connectivity index (χ1) is 10.7. The Morgan fingerprint density at radius 1 is 1.35 bits per heavy atom. The van der Waals surface area contributed by atoms with Gasteiger partial charge < -0.3 is 10.2 Å². The predicted molar refractivity (Wildman–Crippen MR) is 97.2 cm³/mol. The van der Waals surface area contributed by atoms with Crippen LogP contribution in [0.4, 0.5) is 0 Å². The van der Waals surface area contributed by atoms with Gasteiger partial charge in [-0.2, -0.15) is 0 Å². The van der Waals surface area contributed by atoms with Gasteiger partial charge in [0.05, 0.1) is 10.7 Å². The topological polar surface area (TPSA) is 45.2 Å². The summed E-state index contributed by atoms with van der Waals surface area (Å²) in [6.07, 6.45) is 4.70. The van der Waals surface area contributed by atoms with Crippen LogP contribution in [0.5, 0.6) is 0 Å². The third-order valence-electron chi connectivity index (χ3n) is 4.38. The maximum absolute atomic E-state index is 12.5. The second-order valence-corrected chi connectivity index (χ2v) is 9.13. The molecule has 1 aliphatic heterocycles. The predicted octanol–water partition coefficient (Wildman–Crippen LogP) is 3.78. The van der Waals surface area contributed by atoms with Gasteiger partial charge in [-0.15, -0.1) is 11.3 Å². The fraction of sp³-hybridized carbons (Fsp3) is 0.778. The summed E-state index contributed by atoms with van der Waals surface area (Å²) in [5.41, 5.74) is 1.21. The first-order valence-electron chi connectivity index (χ1n) is 8.72. The van der Waals surface area contributed by atoms with E-state index in [2.05, 4.69) is 36.0 Å². The molecule has 2 rings (SSSR count). The van der Waals surface area contributed by atoms with E-state index in [-0.39, 0.29) is 11.9 Å². The number of likely N-dealkylation sites (tertiary alicyclic amines) is 1. The van der Waals surface area contributed by atoms with Gasteiger partial charge in [0.25, 0.3) is 5.91 Å². The van der Waals surface area contributed by atoms with E-state index in [4.69, 9.17) is 0 Å². The number of aryl methyl sites for hydroxylation is 2. The van der Waals surface area contributed by atoms with E-state index in [1.165, 1.54) is 30.6 Å². The molecule has 0 radical (unpaired) electrons. The number of thiazole rings is 1. The lowest BCUT2D eigenvalue weighted by atomic mass is 9.92. The molecule has 1 atom stereocenters. The summed E-state index contributed by atoms with van der Waals surface area (Å²) in [6, 6.07) is 0.256. The van der Waals surface area contributed by atoms with Gasteiger partial charge in [0.1, 0.15) is 4.88 Å². The zero-order valence-corrected chi connectivity index (χ0v) is 16.1. The molecular weight excluding hydrogens is 306 g/mol. The molecule has 4 nitrogen and oxygen atoms in total. The van der Waals surface area contributed by atoms with Crippen LogP contribution in [0.25, 0.3) is 0 Å². The molecule has 0 unspecified atom stereocenters. The Kier molecular flexibility index (Phi) is 6.20. The van der Waals surface area contributed by atoms with Crippen LogP contribution in [0.2, 0.25) is 0 Å². The van der Waals surface area contributed by atoms with Crippen molar-refractivity contribution in [2.75, 3.05) is 19.6 Å². The van der Waals surface area contributed by atoms with Crippen molar-refractivity contribution < 1.29 is 4.79 Å². The summed E-state index contributed by atoms with van der Waals surface area (Å²) < 4.78 is 0. The van der Waals surface area contributed by atoms with Gasteiger partial charge in [-0.25, -0.2) is 4.98 Å². The van der Waals surface area contributed by atoms with Crippen LogP contribution in [-0.2, 0) is 0 Å². The second kappa shape index (κ2) is 7.75. The monoisotopic (exact) mass is 337 g/mol. The van der Waals surface area contributed by atoms with Gasteiger partial charge in [-0.1, -0.05) is 27.2 Å². The van der Waals surface area contributed by atoms with Gasteiger partial charge in [-0.05, 0) is 51.6 Å². The molecule has 1 saturated heterocycles. The second-order valence-electron chi connectivity index (χ2n) is 7.92. The van der Waals surface area contributed by atoms with Crippen molar-refractivity contribution in [2.24, 2.45) is 5.41 Å². The molecular formula is C18H31N3OS. The Labute approximate surface area is 144 Å². The van der Waals surface area contributed by atoms with E-state index in [1.807, 2.05) is 13.8 Å². The third-order valence-corrected chi connectivity index (χ3v) is 5.45. The number of nitrogens with one attached hydrogen (secondary N) is 1. The SMILES string of the molecule is Cc1nc(C)c(C(=O)N[C@@H]2CCCCN(CCC(C)(C)C)C2)s1. The number of nitrogens with zero attached hydrogens (tertiary/aromatic N) is 2. The summed E-state index contributed by atoms with van der Waals surface area (Å²) in [5, 5.41) is 4.20. The Morgan fingerprint density at radius 2 is 2.09 bits per heavy atom. The van der Waals surface area contributed by atoms with Crippen LogP contribution in [0.3, 0.4) is 0 Å². The minimum atomic E-state index is 0.0516. The van der Waals surface area contributed by atoms with Crippen LogP contribution in [0.1, 0.15) is 66.8 Å². The van der Waals surface area contributed by atoms with Gasteiger partial charge in [0, 0.05) is 12.6 Å². The molecule has 0 spiro atoms. The number of amides is 1. The summed E-state index contributed by atoms with van der Waals surface area (Å²) in [4.78, 5) is 20.2. The maximum Gasteiger partial charge on any atom is 0.263 e. The molecule has 5 heteroatoms. The highest BCUT2D eigenvalue weighted by molar-refractivity contribution is 7.13. The van der Waals surface area contributed by atoms with Crippen LogP contribution >= 0.6 is 11.3 Å². The maximum atomic E-state index is 12.5. The zero-order chi connectivity index (χ0) is 17.0. The van der Waals surface area contributed by atoms with Crippen LogP contribution in [0, 0.1) is 19.3 Å². The molecule has 1 fully saturated rings. The summed E-state index contributed by atoms with van der Waals surface area (Å²) in [6.45, 7) is 14.0. The van der Waals surface area contributed by atoms with Crippen LogP contribution in [-0.4, -0.2) is 41.5 Å². The van der Waals surface area contributed by atoms with Crippen LogP contribution < -0.4 is 5.32 Å². The molecule has 1 aromatic rings. The van der Waals surface area contributed by atoms with Crippen LogP contribution in [0.15, 0.2) is 0 Å². The highest BCUT2D eigenvalue weighted by atomic mass is 32.1. The molecule has 1 aromatic heterocycles. The molecule has 0 bridgehead atoms. The molecule has 23 heavy (non-hydrogen) atoms. The fourth-order valence-electron chi connectivity index (χ4n) is 3.03. The van der Waals surface area contributed by atoms with Crippen molar-refractivity contribution in [3.63, 3.8) is 0 Å². The average molecular weight is 338 g/mol. The first kappa shape index (κ1) is 18.4. The Hall–Kier alpha value is -0.940. The Bertz CT molecular complexity index is 533. The number of aromatic nitrogens is 1. The number of carbonyl (C=O) groups is 1. The fourth-order valence-corrected chi connectivity index (χ4v) is 3.85. The minimum absolute atomic E-state index is 0.0516.